The molecule has 0 fully saturated rings. The number of carbonyl (C=O) groups excluding carboxylic acids is 1. The molecule has 0 saturated carbocycles. The van der Waals surface area contributed by atoms with E-state index in [1.54, 1.807) is 24.3 Å². The second-order valence-corrected chi connectivity index (χ2v) is 5.75. The predicted octanol–water partition coefficient (Wildman–Crippen LogP) is 3.92. The summed E-state index contributed by atoms with van der Waals surface area (Å²) in [6.07, 6.45) is 4.70. The molecule has 0 aliphatic heterocycles. The summed E-state index contributed by atoms with van der Waals surface area (Å²) in [6, 6.07) is 16.3. The molecular formula is C20H23NO3. The van der Waals surface area contributed by atoms with Crippen molar-refractivity contribution >= 4 is 11.9 Å². The van der Waals surface area contributed by atoms with Crippen molar-refractivity contribution in [2.75, 3.05) is 6.54 Å². The Labute approximate surface area is 142 Å². The molecule has 2 aromatic rings. The molecule has 126 valence electrons. The van der Waals surface area contributed by atoms with Crippen LogP contribution in [0.4, 0.5) is 0 Å². The molecule has 0 spiro atoms. The number of carboxylic acids is 1. The molecule has 0 radical (unpaired) electrons. The van der Waals surface area contributed by atoms with E-state index in [2.05, 4.69) is 5.32 Å². The zero-order valence-electron chi connectivity index (χ0n) is 13.7. The first-order valence-electron chi connectivity index (χ1n) is 8.33. The van der Waals surface area contributed by atoms with Gasteiger partial charge in [-0.25, -0.2) is 4.79 Å². The molecule has 24 heavy (non-hydrogen) atoms. The van der Waals surface area contributed by atoms with Crippen molar-refractivity contribution in [1.29, 1.82) is 0 Å². The molecule has 2 rings (SSSR count). The van der Waals surface area contributed by atoms with E-state index in [4.69, 9.17) is 5.11 Å². The summed E-state index contributed by atoms with van der Waals surface area (Å²) in [7, 11) is 0. The normalized spacial score (nSPS) is 10.3. The van der Waals surface area contributed by atoms with E-state index in [1.165, 1.54) is 0 Å². The summed E-state index contributed by atoms with van der Waals surface area (Å²) < 4.78 is 0. The molecule has 2 aromatic carbocycles. The lowest BCUT2D eigenvalue weighted by Gasteiger charge is -2.07. The Morgan fingerprint density at radius 2 is 1.50 bits per heavy atom. The number of benzene rings is 2. The summed E-state index contributed by atoms with van der Waals surface area (Å²) in [5.41, 5.74) is 1.97. The number of aryl methyl sites for hydroxylation is 1. The molecule has 0 unspecified atom stereocenters. The number of hydrogen-bond acceptors (Lipinski definition) is 2. The van der Waals surface area contributed by atoms with Crippen LogP contribution in [0.1, 0.15) is 52.0 Å². The van der Waals surface area contributed by atoms with E-state index in [0.717, 1.165) is 37.7 Å². The van der Waals surface area contributed by atoms with E-state index < -0.39 is 5.97 Å². The quantitative estimate of drug-likeness (QED) is 0.687. The maximum Gasteiger partial charge on any atom is 0.335 e. The van der Waals surface area contributed by atoms with Gasteiger partial charge in [-0.15, -0.1) is 0 Å². The van der Waals surface area contributed by atoms with Crippen molar-refractivity contribution in [2.45, 2.75) is 32.1 Å². The minimum absolute atomic E-state index is 0.0361. The van der Waals surface area contributed by atoms with Crippen molar-refractivity contribution in [1.82, 2.24) is 5.32 Å². The Bertz CT molecular complexity index is 668. The van der Waals surface area contributed by atoms with Gasteiger partial charge in [0, 0.05) is 12.1 Å². The van der Waals surface area contributed by atoms with Crippen LogP contribution in [0, 0.1) is 0 Å². The first kappa shape index (κ1) is 17.7. The molecule has 0 heterocycles. The number of nitrogens with one attached hydrogen (secondary N) is 1. The topological polar surface area (TPSA) is 66.4 Å². The van der Waals surface area contributed by atoms with Crippen LogP contribution < -0.4 is 5.32 Å². The van der Waals surface area contributed by atoms with Gasteiger partial charge in [-0.2, -0.15) is 0 Å². The lowest BCUT2D eigenvalue weighted by Crippen LogP contribution is -2.24. The van der Waals surface area contributed by atoms with Crippen LogP contribution in [0.25, 0.3) is 0 Å². The minimum atomic E-state index is -0.866. The third kappa shape index (κ3) is 5.54. The molecule has 1 amide bonds. The van der Waals surface area contributed by atoms with Crippen LogP contribution in [0.2, 0.25) is 0 Å². The van der Waals surface area contributed by atoms with Gasteiger partial charge in [-0.3, -0.25) is 4.79 Å². The lowest BCUT2D eigenvalue weighted by molar-refractivity contribution is 0.0695. The predicted molar refractivity (Wildman–Crippen MR) is 94.3 cm³/mol. The van der Waals surface area contributed by atoms with Gasteiger partial charge in [0.2, 0.25) is 0 Å². The molecule has 0 bridgehead atoms. The molecule has 0 aliphatic carbocycles. The monoisotopic (exact) mass is 325 g/mol. The number of carbonyl (C=O) groups is 2. The van der Waals surface area contributed by atoms with E-state index in [1.807, 2.05) is 30.3 Å². The Balaban J connectivity index is 1.61. The zero-order valence-corrected chi connectivity index (χ0v) is 13.7. The molecule has 4 heteroatoms. The lowest BCUT2D eigenvalue weighted by atomic mass is 10.0. The largest absolute Gasteiger partial charge is 0.478 e. The van der Waals surface area contributed by atoms with Crippen molar-refractivity contribution in [3.63, 3.8) is 0 Å². The average Bonchev–Trinajstić information content (AvgIpc) is 2.61. The molecular weight excluding hydrogens is 302 g/mol. The maximum absolute atomic E-state index is 11.9. The average molecular weight is 325 g/mol. The van der Waals surface area contributed by atoms with Crippen LogP contribution in [-0.4, -0.2) is 23.5 Å². The fourth-order valence-corrected chi connectivity index (χ4v) is 2.63. The van der Waals surface area contributed by atoms with Crippen molar-refractivity contribution in [2.24, 2.45) is 0 Å². The van der Waals surface area contributed by atoms with Crippen LogP contribution in [-0.2, 0) is 6.42 Å². The highest BCUT2D eigenvalue weighted by Gasteiger charge is 2.08. The van der Waals surface area contributed by atoms with Gasteiger partial charge in [0.05, 0.1) is 5.56 Å². The molecule has 0 saturated heterocycles. The highest BCUT2D eigenvalue weighted by Crippen LogP contribution is 2.13. The van der Waals surface area contributed by atoms with Crippen molar-refractivity contribution in [3.05, 3.63) is 71.3 Å². The summed E-state index contributed by atoms with van der Waals surface area (Å²) >= 11 is 0. The van der Waals surface area contributed by atoms with E-state index in [9.17, 15) is 9.59 Å². The Morgan fingerprint density at radius 3 is 2.25 bits per heavy atom. The number of amides is 1. The summed E-state index contributed by atoms with van der Waals surface area (Å²) in [5, 5.41) is 12.1. The van der Waals surface area contributed by atoms with Crippen LogP contribution in [0.3, 0.4) is 0 Å². The minimum Gasteiger partial charge on any atom is -0.478 e. The van der Waals surface area contributed by atoms with E-state index >= 15 is 0 Å². The van der Waals surface area contributed by atoms with Gasteiger partial charge < -0.3 is 10.4 Å². The maximum atomic E-state index is 11.9. The van der Waals surface area contributed by atoms with Gasteiger partial charge in [0.25, 0.3) is 5.91 Å². The van der Waals surface area contributed by atoms with E-state index in [-0.39, 0.29) is 5.91 Å². The Hall–Kier alpha value is -2.62. The second-order valence-electron chi connectivity index (χ2n) is 5.75. The van der Waals surface area contributed by atoms with Gasteiger partial charge >= 0.3 is 5.97 Å². The van der Waals surface area contributed by atoms with Gasteiger partial charge in [0.1, 0.15) is 0 Å². The highest BCUT2D eigenvalue weighted by atomic mass is 16.4. The standard InChI is InChI=1S/C20H23NO3/c22-19(17-12-5-3-6-13-17)21-15-9-2-1-4-10-16-11-7-8-14-18(16)20(23)24/h3,5-8,11-14H,1-2,4,9-10,15H2,(H,21,22)(H,23,24). The summed E-state index contributed by atoms with van der Waals surface area (Å²) in [5.74, 6) is -0.903. The third-order valence-electron chi connectivity index (χ3n) is 3.94. The Morgan fingerprint density at radius 1 is 0.833 bits per heavy atom. The van der Waals surface area contributed by atoms with Crippen LogP contribution in [0.15, 0.2) is 54.6 Å². The fourth-order valence-electron chi connectivity index (χ4n) is 2.63. The zero-order chi connectivity index (χ0) is 17.2. The third-order valence-corrected chi connectivity index (χ3v) is 3.94. The van der Waals surface area contributed by atoms with Gasteiger partial charge in [-0.1, -0.05) is 49.2 Å². The number of rotatable bonds is 9. The highest BCUT2D eigenvalue weighted by molar-refractivity contribution is 5.94. The molecule has 0 aromatic heterocycles. The Kier molecular flexibility index (Phi) is 7.02. The van der Waals surface area contributed by atoms with Crippen molar-refractivity contribution in [3.8, 4) is 0 Å². The number of hydrogen-bond donors (Lipinski definition) is 2. The molecule has 0 aliphatic rings. The van der Waals surface area contributed by atoms with E-state index in [0.29, 0.717) is 17.7 Å². The molecule has 0 atom stereocenters. The second kappa shape index (κ2) is 9.50. The fraction of sp³-hybridized carbons (Fsp3) is 0.300. The first-order valence-corrected chi connectivity index (χ1v) is 8.33. The number of carboxylic acid groups (broad SMARTS) is 1. The van der Waals surface area contributed by atoms with Gasteiger partial charge in [0.15, 0.2) is 0 Å². The smallest absolute Gasteiger partial charge is 0.335 e. The number of unbranched alkanes of at least 4 members (excludes halogenated alkanes) is 3. The number of aromatic carboxylic acids is 1. The summed E-state index contributed by atoms with van der Waals surface area (Å²) in [6.45, 7) is 0.666. The van der Waals surface area contributed by atoms with Crippen molar-refractivity contribution < 1.29 is 14.7 Å². The summed E-state index contributed by atoms with van der Waals surface area (Å²) in [4.78, 5) is 23.0. The van der Waals surface area contributed by atoms with Crippen LogP contribution in [0.5, 0.6) is 0 Å². The van der Waals surface area contributed by atoms with Gasteiger partial charge in [-0.05, 0) is 43.0 Å². The SMILES string of the molecule is O=C(NCCCCCCc1ccccc1C(=O)O)c1ccccc1. The van der Waals surface area contributed by atoms with Crippen LogP contribution >= 0.6 is 0 Å². The molecule has 2 N–H and O–H groups in total. The first-order chi connectivity index (χ1) is 11.7. The molecule has 4 nitrogen and oxygen atoms in total.